The topological polar surface area (TPSA) is 101 Å². The van der Waals surface area contributed by atoms with Gasteiger partial charge in [-0.3, -0.25) is 9.59 Å². The molecule has 1 aromatic carbocycles. The van der Waals surface area contributed by atoms with Gasteiger partial charge in [0.25, 0.3) is 5.56 Å². The lowest BCUT2D eigenvalue weighted by atomic mass is 10.2. The van der Waals surface area contributed by atoms with E-state index in [1.54, 1.807) is 18.2 Å². The number of nitrogens with zero attached hydrogens (tertiary/aromatic N) is 3. The Hall–Kier alpha value is -2.61. The number of H-pyrrole nitrogens is 1. The van der Waals surface area contributed by atoms with Crippen molar-refractivity contribution in [2.45, 2.75) is 31.6 Å². The van der Waals surface area contributed by atoms with Crippen molar-refractivity contribution in [3.05, 3.63) is 45.5 Å². The Bertz CT molecular complexity index is 960. The number of aromatic amines is 1. The maximum atomic E-state index is 12.0. The minimum Gasteiger partial charge on any atom is -0.310 e. The predicted molar refractivity (Wildman–Crippen MR) is 91.2 cm³/mol. The van der Waals surface area contributed by atoms with Gasteiger partial charge in [0.1, 0.15) is 10.8 Å². The summed E-state index contributed by atoms with van der Waals surface area (Å²) in [5.74, 6) is 0.870. The molecule has 8 heteroatoms. The van der Waals surface area contributed by atoms with Crippen LogP contribution in [0.3, 0.4) is 0 Å². The standard InChI is InChI=1S/C16H15N5O2S/c22-13(19-16-21-20-15(24-16)9-5-6-9)8-7-12-17-11-4-2-1-3-10(11)14(23)18-12/h1-4,9H,5-8H2,(H,17,18,23)(H,19,21,22). The third-order valence-corrected chi connectivity index (χ3v) is 4.87. The number of aryl methyl sites for hydroxylation is 1. The molecule has 0 bridgehead atoms. The zero-order chi connectivity index (χ0) is 16.5. The Labute approximate surface area is 141 Å². The van der Waals surface area contributed by atoms with E-state index in [1.807, 2.05) is 6.07 Å². The lowest BCUT2D eigenvalue weighted by Gasteiger charge is -2.03. The summed E-state index contributed by atoms with van der Waals surface area (Å²) in [6.07, 6.45) is 2.90. The van der Waals surface area contributed by atoms with Gasteiger partial charge in [0.15, 0.2) is 0 Å². The molecule has 1 fully saturated rings. The Morgan fingerprint density at radius 1 is 1.29 bits per heavy atom. The molecule has 1 saturated carbocycles. The minimum absolute atomic E-state index is 0.163. The van der Waals surface area contributed by atoms with E-state index in [9.17, 15) is 9.59 Å². The molecule has 0 spiro atoms. The van der Waals surface area contributed by atoms with Gasteiger partial charge in [-0.25, -0.2) is 4.98 Å². The van der Waals surface area contributed by atoms with Crippen LogP contribution in [0.4, 0.5) is 5.13 Å². The quantitative estimate of drug-likeness (QED) is 0.741. The van der Waals surface area contributed by atoms with E-state index in [0.717, 1.165) is 17.8 Å². The van der Waals surface area contributed by atoms with E-state index in [1.165, 1.54) is 11.3 Å². The van der Waals surface area contributed by atoms with Gasteiger partial charge >= 0.3 is 0 Å². The largest absolute Gasteiger partial charge is 0.310 e. The van der Waals surface area contributed by atoms with E-state index in [0.29, 0.717) is 34.2 Å². The monoisotopic (exact) mass is 341 g/mol. The van der Waals surface area contributed by atoms with Crippen molar-refractivity contribution in [1.82, 2.24) is 20.2 Å². The van der Waals surface area contributed by atoms with Gasteiger partial charge in [0.05, 0.1) is 10.9 Å². The van der Waals surface area contributed by atoms with Gasteiger partial charge in [-0.15, -0.1) is 10.2 Å². The van der Waals surface area contributed by atoms with E-state index < -0.39 is 0 Å². The highest BCUT2D eigenvalue weighted by atomic mass is 32.1. The second-order valence-electron chi connectivity index (χ2n) is 5.80. The third-order valence-electron chi connectivity index (χ3n) is 3.86. The normalized spacial score (nSPS) is 14.0. The average Bonchev–Trinajstić information content (AvgIpc) is 3.33. The third kappa shape index (κ3) is 3.18. The van der Waals surface area contributed by atoms with Gasteiger partial charge in [-0.1, -0.05) is 23.5 Å². The molecule has 24 heavy (non-hydrogen) atoms. The van der Waals surface area contributed by atoms with Crippen LogP contribution in [0.15, 0.2) is 29.1 Å². The number of amides is 1. The first kappa shape index (κ1) is 14.9. The van der Waals surface area contributed by atoms with Gasteiger partial charge < -0.3 is 10.3 Å². The summed E-state index contributed by atoms with van der Waals surface area (Å²) in [4.78, 5) is 31.1. The molecule has 0 radical (unpaired) electrons. The van der Waals surface area contributed by atoms with Crippen LogP contribution >= 0.6 is 11.3 Å². The average molecular weight is 341 g/mol. The van der Waals surface area contributed by atoms with Crippen molar-refractivity contribution in [3.63, 3.8) is 0 Å². The van der Waals surface area contributed by atoms with Crippen molar-refractivity contribution in [2.75, 3.05) is 5.32 Å². The molecule has 0 saturated heterocycles. The van der Waals surface area contributed by atoms with Crippen LogP contribution in [-0.2, 0) is 11.2 Å². The number of nitrogens with one attached hydrogen (secondary N) is 2. The number of para-hydroxylation sites is 1. The highest BCUT2D eigenvalue weighted by Gasteiger charge is 2.27. The Balaban J connectivity index is 1.40. The minimum atomic E-state index is -0.186. The number of aromatic nitrogens is 4. The number of fused-ring (bicyclic) bond motifs is 1. The number of hydrogen-bond acceptors (Lipinski definition) is 6. The summed E-state index contributed by atoms with van der Waals surface area (Å²) in [5, 5.41) is 12.9. The number of anilines is 1. The summed E-state index contributed by atoms with van der Waals surface area (Å²) in [6.45, 7) is 0. The molecule has 1 aliphatic rings. The van der Waals surface area contributed by atoms with Crippen LogP contribution < -0.4 is 10.9 Å². The molecule has 0 unspecified atom stereocenters. The molecular weight excluding hydrogens is 326 g/mol. The predicted octanol–water partition coefficient (Wildman–Crippen LogP) is 2.22. The van der Waals surface area contributed by atoms with Crippen LogP contribution in [0.2, 0.25) is 0 Å². The van der Waals surface area contributed by atoms with Crippen LogP contribution in [0.1, 0.15) is 36.0 Å². The maximum absolute atomic E-state index is 12.0. The van der Waals surface area contributed by atoms with Gasteiger partial charge in [0, 0.05) is 18.8 Å². The smallest absolute Gasteiger partial charge is 0.258 e. The molecule has 7 nitrogen and oxygen atoms in total. The van der Waals surface area contributed by atoms with Crippen LogP contribution in [0.25, 0.3) is 10.9 Å². The number of benzene rings is 1. The second kappa shape index (κ2) is 6.12. The molecule has 2 N–H and O–H groups in total. The zero-order valence-electron chi connectivity index (χ0n) is 12.8. The van der Waals surface area contributed by atoms with E-state index in [2.05, 4.69) is 25.5 Å². The molecule has 0 atom stereocenters. The van der Waals surface area contributed by atoms with Crippen LogP contribution in [-0.4, -0.2) is 26.1 Å². The summed E-state index contributed by atoms with van der Waals surface area (Å²) < 4.78 is 0. The Kier molecular flexibility index (Phi) is 3.81. The van der Waals surface area contributed by atoms with Crippen molar-refractivity contribution >= 4 is 33.3 Å². The molecule has 122 valence electrons. The van der Waals surface area contributed by atoms with Crippen molar-refractivity contribution in [2.24, 2.45) is 0 Å². The molecule has 2 heterocycles. The second-order valence-corrected chi connectivity index (χ2v) is 6.81. The lowest BCUT2D eigenvalue weighted by Crippen LogP contribution is -2.16. The fourth-order valence-corrected chi connectivity index (χ4v) is 3.38. The maximum Gasteiger partial charge on any atom is 0.258 e. The molecule has 2 aromatic heterocycles. The molecule has 1 aliphatic carbocycles. The van der Waals surface area contributed by atoms with E-state index in [-0.39, 0.29) is 17.9 Å². The lowest BCUT2D eigenvalue weighted by molar-refractivity contribution is -0.116. The van der Waals surface area contributed by atoms with E-state index >= 15 is 0 Å². The first-order valence-corrected chi connectivity index (χ1v) is 8.62. The fraction of sp³-hybridized carbons (Fsp3) is 0.312. The number of carbonyl (C=O) groups is 1. The first-order valence-electron chi connectivity index (χ1n) is 7.80. The Morgan fingerprint density at radius 2 is 2.12 bits per heavy atom. The van der Waals surface area contributed by atoms with E-state index in [4.69, 9.17) is 0 Å². The molecular formula is C16H15N5O2S. The SMILES string of the molecule is O=C(CCc1nc2ccccc2c(=O)[nH]1)Nc1nnc(C2CC2)s1. The molecule has 0 aliphatic heterocycles. The highest BCUT2D eigenvalue weighted by molar-refractivity contribution is 7.15. The van der Waals surface area contributed by atoms with Crippen LogP contribution in [0, 0.1) is 0 Å². The van der Waals surface area contributed by atoms with Crippen molar-refractivity contribution < 1.29 is 4.79 Å². The van der Waals surface area contributed by atoms with Crippen molar-refractivity contribution in [3.8, 4) is 0 Å². The molecule has 1 amide bonds. The van der Waals surface area contributed by atoms with Crippen LogP contribution in [0.5, 0.6) is 0 Å². The highest BCUT2D eigenvalue weighted by Crippen LogP contribution is 2.42. The molecule has 4 rings (SSSR count). The van der Waals surface area contributed by atoms with Gasteiger partial charge in [-0.2, -0.15) is 0 Å². The fourth-order valence-electron chi connectivity index (χ4n) is 2.45. The summed E-state index contributed by atoms with van der Waals surface area (Å²) in [7, 11) is 0. The summed E-state index contributed by atoms with van der Waals surface area (Å²) in [5.41, 5.74) is 0.448. The van der Waals surface area contributed by atoms with Crippen molar-refractivity contribution in [1.29, 1.82) is 0 Å². The van der Waals surface area contributed by atoms with Gasteiger partial charge in [-0.05, 0) is 25.0 Å². The Morgan fingerprint density at radius 3 is 2.96 bits per heavy atom. The number of rotatable bonds is 5. The molecule has 3 aromatic rings. The number of carbonyl (C=O) groups excluding carboxylic acids is 1. The summed E-state index contributed by atoms with van der Waals surface area (Å²) in [6, 6.07) is 7.14. The number of hydrogen-bond donors (Lipinski definition) is 2. The summed E-state index contributed by atoms with van der Waals surface area (Å²) >= 11 is 1.43. The zero-order valence-corrected chi connectivity index (χ0v) is 13.6. The first-order chi connectivity index (χ1) is 11.7. The van der Waals surface area contributed by atoms with Gasteiger partial charge in [0.2, 0.25) is 11.0 Å².